The van der Waals surface area contributed by atoms with Crippen LogP contribution in [0.4, 0.5) is 11.4 Å². The van der Waals surface area contributed by atoms with Crippen molar-refractivity contribution in [1.82, 2.24) is 0 Å². The standard InChI is InChI=1S/C8H10N2O3.Na/c11-6-5-9-7-1-3-8(4-2-7)10(12)13;/h1-4,9,11H,5-6H2;. The predicted octanol–water partition coefficient (Wildman–Crippen LogP) is 0.618. The van der Waals surface area contributed by atoms with Crippen LogP contribution in [0, 0.1) is 10.1 Å². The van der Waals surface area contributed by atoms with E-state index in [0.717, 1.165) is 5.69 Å². The topological polar surface area (TPSA) is 75.4 Å². The van der Waals surface area contributed by atoms with Crippen molar-refractivity contribution in [2.45, 2.75) is 0 Å². The first kappa shape index (κ1) is 13.4. The monoisotopic (exact) mass is 205 g/mol. The summed E-state index contributed by atoms with van der Waals surface area (Å²) in [6.07, 6.45) is 0. The fraction of sp³-hybridized carbons (Fsp3) is 0.250. The number of aliphatic hydroxyl groups excluding tert-OH is 1. The molecule has 0 spiro atoms. The fourth-order valence-electron chi connectivity index (χ4n) is 0.901. The van der Waals surface area contributed by atoms with Gasteiger partial charge in [0.1, 0.15) is 0 Å². The minimum absolute atomic E-state index is 0. The van der Waals surface area contributed by atoms with Crippen molar-refractivity contribution in [3.63, 3.8) is 0 Å². The molecule has 1 rings (SSSR count). The molecule has 1 aromatic rings. The molecule has 0 saturated heterocycles. The number of hydrogen-bond donors (Lipinski definition) is 2. The van der Waals surface area contributed by atoms with Crippen LogP contribution in [0.15, 0.2) is 24.3 Å². The number of nitrogens with zero attached hydrogens (tertiary/aromatic N) is 1. The van der Waals surface area contributed by atoms with Crippen molar-refractivity contribution in [3.05, 3.63) is 34.4 Å². The molecule has 0 atom stereocenters. The van der Waals surface area contributed by atoms with E-state index >= 15 is 0 Å². The fourth-order valence-corrected chi connectivity index (χ4v) is 0.901. The van der Waals surface area contributed by atoms with Gasteiger partial charge in [-0.25, -0.2) is 0 Å². The van der Waals surface area contributed by atoms with Gasteiger partial charge in [-0.15, -0.1) is 0 Å². The number of anilines is 1. The molecule has 2 N–H and O–H groups in total. The van der Waals surface area contributed by atoms with Crippen LogP contribution in [0.3, 0.4) is 0 Å². The second-order valence-corrected chi connectivity index (χ2v) is 2.45. The number of nitrogens with one attached hydrogen (secondary N) is 1. The minimum Gasteiger partial charge on any atom is -0.395 e. The molecule has 0 unspecified atom stereocenters. The molecule has 0 heterocycles. The third-order valence-corrected chi connectivity index (χ3v) is 1.52. The smallest absolute Gasteiger partial charge is 0.269 e. The number of hydrogen-bond acceptors (Lipinski definition) is 4. The van der Waals surface area contributed by atoms with E-state index in [0.29, 0.717) is 6.54 Å². The largest absolute Gasteiger partial charge is 0.395 e. The van der Waals surface area contributed by atoms with E-state index in [2.05, 4.69) is 5.32 Å². The summed E-state index contributed by atoms with van der Waals surface area (Å²) in [5.74, 6) is 0. The van der Waals surface area contributed by atoms with Gasteiger partial charge in [0.2, 0.25) is 0 Å². The maximum atomic E-state index is 10.3. The van der Waals surface area contributed by atoms with E-state index in [9.17, 15) is 10.1 Å². The van der Waals surface area contributed by atoms with E-state index in [-0.39, 0.29) is 41.9 Å². The zero-order chi connectivity index (χ0) is 9.68. The van der Waals surface area contributed by atoms with Crippen molar-refractivity contribution >= 4 is 40.9 Å². The Balaban J connectivity index is 0.00000169. The van der Waals surface area contributed by atoms with E-state index in [1.54, 1.807) is 12.1 Å². The minimum atomic E-state index is -0.449. The number of nitro groups is 1. The Bertz CT molecular complexity index is 289. The Kier molecular flexibility index (Phi) is 6.48. The Morgan fingerprint density at radius 2 is 1.93 bits per heavy atom. The molecule has 0 fully saturated rings. The van der Waals surface area contributed by atoms with Crippen molar-refractivity contribution in [1.29, 1.82) is 0 Å². The normalized spacial score (nSPS) is 8.93. The Morgan fingerprint density at radius 1 is 1.36 bits per heavy atom. The third-order valence-electron chi connectivity index (χ3n) is 1.52. The first-order chi connectivity index (χ1) is 6.24. The van der Waals surface area contributed by atoms with Crippen LogP contribution in [0.2, 0.25) is 0 Å². The van der Waals surface area contributed by atoms with Gasteiger partial charge < -0.3 is 10.4 Å². The second-order valence-electron chi connectivity index (χ2n) is 2.45. The summed E-state index contributed by atoms with van der Waals surface area (Å²) < 4.78 is 0. The van der Waals surface area contributed by atoms with Gasteiger partial charge in [0.25, 0.3) is 5.69 Å². The summed E-state index contributed by atoms with van der Waals surface area (Å²) in [6.45, 7) is 0.481. The maximum Gasteiger partial charge on any atom is 0.269 e. The Hall–Kier alpha value is -0.620. The molecule has 6 heteroatoms. The van der Waals surface area contributed by atoms with Gasteiger partial charge in [0.15, 0.2) is 0 Å². The van der Waals surface area contributed by atoms with Gasteiger partial charge in [0, 0.05) is 53.9 Å². The summed E-state index contributed by atoms with van der Waals surface area (Å²) in [4.78, 5) is 9.82. The molecule has 14 heavy (non-hydrogen) atoms. The van der Waals surface area contributed by atoms with Crippen LogP contribution in [-0.2, 0) is 0 Å². The summed E-state index contributed by atoms with van der Waals surface area (Å²) in [7, 11) is 0. The maximum absolute atomic E-state index is 10.3. The van der Waals surface area contributed by atoms with Crippen LogP contribution >= 0.6 is 0 Å². The quantitative estimate of drug-likeness (QED) is 0.429. The van der Waals surface area contributed by atoms with Gasteiger partial charge >= 0.3 is 0 Å². The van der Waals surface area contributed by atoms with Gasteiger partial charge in [-0.3, -0.25) is 10.1 Å². The zero-order valence-corrected chi connectivity index (χ0v) is 9.93. The van der Waals surface area contributed by atoms with Gasteiger partial charge in [-0.2, -0.15) is 0 Å². The average molecular weight is 205 g/mol. The summed E-state index contributed by atoms with van der Waals surface area (Å²) in [5, 5.41) is 21.7. The van der Waals surface area contributed by atoms with Crippen LogP contribution in [0.25, 0.3) is 0 Å². The predicted molar refractivity (Wildman–Crippen MR) is 54.4 cm³/mol. The first-order valence-electron chi connectivity index (χ1n) is 3.83. The van der Waals surface area contributed by atoms with E-state index in [1.807, 2.05) is 0 Å². The van der Waals surface area contributed by atoms with Gasteiger partial charge in [-0.1, -0.05) is 0 Å². The summed E-state index contributed by atoms with van der Waals surface area (Å²) in [5.41, 5.74) is 0.828. The number of nitro benzene ring substituents is 1. The van der Waals surface area contributed by atoms with Crippen molar-refractivity contribution < 1.29 is 10.0 Å². The third kappa shape index (κ3) is 4.06. The molecule has 0 amide bonds. The van der Waals surface area contributed by atoms with E-state index in [1.165, 1.54) is 12.1 Å². The van der Waals surface area contributed by atoms with E-state index < -0.39 is 4.92 Å². The van der Waals surface area contributed by atoms with Gasteiger partial charge in [-0.05, 0) is 12.1 Å². The zero-order valence-electron chi connectivity index (χ0n) is 7.93. The second kappa shape index (κ2) is 6.78. The molecule has 71 valence electrons. The SMILES string of the molecule is O=[N+]([O-])c1ccc(NCCO)cc1.[Na]. The molecule has 0 aliphatic heterocycles. The van der Waals surface area contributed by atoms with Crippen LogP contribution in [0.1, 0.15) is 0 Å². The molecule has 5 nitrogen and oxygen atoms in total. The number of rotatable bonds is 4. The van der Waals surface area contributed by atoms with Crippen LogP contribution in [0.5, 0.6) is 0 Å². The number of benzene rings is 1. The molecule has 0 aliphatic rings. The Morgan fingerprint density at radius 3 is 2.36 bits per heavy atom. The van der Waals surface area contributed by atoms with Crippen LogP contribution in [-0.4, -0.2) is 52.7 Å². The van der Waals surface area contributed by atoms with Gasteiger partial charge in [0.05, 0.1) is 11.5 Å². The van der Waals surface area contributed by atoms with Crippen molar-refractivity contribution in [2.75, 3.05) is 18.5 Å². The molecular formula is C8H10N2NaO3. The van der Waals surface area contributed by atoms with E-state index in [4.69, 9.17) is 5.11 Å². The van der Waals surface area contributed by atoms with Crippen molar-refractivity contribution in [3.8, 4) is 0 Å². The molecule has 0 aromatic heterocycles. The Labute approximate surface area is 104 Å². The average Bonchev–Trinajstić information content (AvgIpc) is 2.15. The molecule has 0 bridgehead atoms. The molecular weight excluding hydrogens is 195 g/mol. The molecule has 0 aliphatic carbocycles. The molecule has 1 aromatic carbocycles. The molecule has 1 radical (unpaired) electrons. The summed E-state index contributed by atoms with van der Waals surface area (Å²) in [6, 6.07) is 6.04. The summed E-state index contributed by atoms with van der Waals surface area (Å²) >= 11 is 0. The number of non-ortho nitro benzene ring substituents is 1. The van der Waals surface area contributed by atoms with Crippen LogP contribution < -0.4 is 5.32 Å². The molecule has 0 saturated carbocycles. The first-order valence-corrected chi connectivity index (χ1v) is 3.83. The van der Waals surface area contributed by atoms with Crippen molar-refractivity contribution in [2.24, 2.45) is 0 Å². The number of aliphatic hydroxyl groups is 1.